The van der Waals surface area contributed by atoms with Gasteiger partial charge in [0, 0.05) is 0 Å². The van der Waals surface area contributed by atoms with Crippen LogP contribution in [-0.4, -0.2) is 46.0 Å². The number of carbonyl (C=O) groups is 2. The summed E-state index contributed by atoms with van der Waals surface area (Å²) < 4.78 is 22.7. The number of amides is 1. The highest BCUT2D eigenvalue weighted by atomic mass is 32.2. The number of sulfone groups is 1. The molecule has 90 valence electrons. The molecular weight excluding hydrogens is 234 g/mol. The number of aliphatic carboxylic acids is 1. The van der Waals surface area contributed by atoms with Gasteiger partial charge in [-0.15, -0.1) is 0 Å². The van der Waals surface area contributed by atoms with Crippen LogP contribution in [0.15, 0.2) is 0 Å². The summed E-state index contributed by atoms with van der Waals surface area (Å²) in [6.07, 6.45) is -0.103. The summed E-state index contributed by atoms with van der Waals surface area (Å²) >= 11 is 0. The van der Waals surface area contributed by atoms with E-state index in [1.54, 1.807) is 0 Å². The first kappa shape index (κ1) is 11.4. The Balaban J connectivity index is 2.71. The third-order valence-electron chi connectivity index (χ3n) is 4.05. The molecule has 1 N–H and O–H groups in total. The van der Waals surface area contributed by atoms with Crippen molar-refractivity contribution in [3.63, 3.8) is 0 Å². The predicted octanol–water partition coefficient (Wildman–Crippen LogP) is -0.405. The zero-order chi connectivity index (χ0) is 12.5. The van der Waals surface area contributed by atoms with Gasteiger partial charge in [0.2, 0.25) is 5.91 Å². The second-order valence-corrected chi connectivity index (χ2v) is 7.51. The Morgan fingerprint density at radius 1 is 1.44 bits per heavy atom. The number of hydrogen-bond acceptors (Lipinski definition) is 4. The first-order valence-corrected chi connectivity index (χ1v) is 6.42. The lowest BCUT2D eigenvalue weighted by molar-refractivity contribution is -0.166. The third kappa shape index (κ3) is 0.829. The van der Waals surface area contributed by atoms with Crippen LogP contribution in [-0.2, 0) is 19.4 Å². The number of nitrogens with zero attached hydrogens (tertiary/aromatic N) is 1. The summed E-state index contributed by atoms with van der Waals surface area (Å²) in [7, 11) is -3.63. The Morgan fingerprint density at radius 2 is 1.94 bits per heavy atom. The van der Waals surface area contributed by atoms with E-state index in [1.807, 2.05) is 0 Å². The highest BCUT2D eigenvalue weighted by molar-refractivity contribution is 7.93. The molecule has 2 saturated heterocycles. The van der Waals surface area contributed by atoms with Gasteiger partial charge in [-0.3, -0.25) is 4.79 Å². The van der Waals surface area contributed by atoms with E-state index in [1.165, 1.54) is 20.8 Å². The molecule has 2 aliphatic rings. The summed E-state index contributed by atoms with van der Waals surface area (Å²) in [6.45, 7) is 4.02. The molecule has 16 heavy (non-hydrogen) atoms. The standard InChI is InChI=1S/C9H13NO5S/c1-8(2)9(3,7(12)13)10-5(11)4-6(10)16(8,14)15/h6H,4H2,1-3H3,(H,12,13)/t6-,9+/m1/s1. The van der Waals surface area contributed by atoms with Crippen LogP contribution in [0.4, 0.5) is 0 Å². The molecule has 2 rings (SSSR count). The molecule has 0 saturated carbocycles. The fraction of sp³-hybridized carbons (Fsp3) is 0.778. The van der Waals surface area contributed by atoms with Gasteiger partial charge in [-0.25, -0.2) is 13.2 Å². The molecule has 2 aliphatic heterocycles. The SMILES string of the molecule is CC1(C)[C@](C)(C(=O)O)N2C(=O)C[C@H]2S1(=O)=O. The van der Waals surface area contributed by atoms with E-state index in [9.17, 15) is 23.1 Å². The fourth-order valence-corrected chi connectivity index (χ4v) is 4.83. The Hall–Kier alpha value is -1.11. The zero-order valence-electron chi connectivity index (χ0n) is 9.22. The van der Waals surface area contributed by atoms with Crippen molar-refractivity contribution >= 4 is 21.7 Å². The average Bonchev–Trinajstić information content (AvgIpc) is 2.20. The number of hydrogen-bond donors (Lipinski definition) is 1. The van der Waals surface area contributed by atoms with E-state index in [0.29, 0.717) is 0 Å². The lowest BCUT2D eigenvalue weighted by Crippen LogP contribution is -2.65. The van der Waals surface area contributed by atoms with Gasteiger partial charge in [0.25, 0.3) is 0 Å². The molecule has 2 atom stereocenters. The van der Waals surface area contributed by atoms with Crippen LogP contribution in [0.25, 0.3) is 0 Å². The molecule has 0 bridgehead atoms. The maximum Gasteiger partial charge on any atom is 0.331 e. The van der Waals surface area contributed by atoms with Crippen molar-refractivity contribution in [3.8, 4) is 0 Å². The van der Waals surface area contributed by atoms with Crippen molar-refractivity contribution in [1.29, 1.82) is 0 Å². The van der Waals surface area contributed by atoms with Gasteiger partial charge in [-0.2, -0.15) is 0 Å². The van der Waals surface area contributed by atoms with Crippen molar-refractivity contribution < 1.29 is 23.1 Å². The van der Waals surface area contributed by atoms with E-state index in [2.05, 4.69) is 0 Å². The van der Waals surface area contributed by atoms with Crippen molar-refractivity contribution in [3.05, 3.63) is 0 Å². The zero-order valence-corrected chi connectivity index (χ0v) is 10.0. The van der Waals surface area contributed by atoms with Gasteiger partial charge < -0.3 is 10.0 Å². The van der Waals surface area contributed by atoms with Crippen molar-refractivity contribution in [2.45, 2.75) is 42.9 Å². The quantitative estimate of drug-likeness (QED) is 0.636. The molecule has 0 aromatic carbocycles. The number of carboxylic acids is 1. The molecule has 1 amide bonds. The molecular formula is C9H13NO5S. The second-order valence-electron chi connectivity index (χ2n) is 4.86. The molecule has 6 nitrogen and oxygen atoms in total. The molecule has 0 aromatic heterocycles. The molecule has 7 heteroatoms. The van der Waals surface area contributed by atoms with Crippen molar-refractivity contribution in [2.24, 2.45) is 0 Å². The van der Waals surface area contributed by atoms with Gasteiger partial charge in [0.05, 0.1) is 6.42 Å². The molecule has 2 fully saturated rings. The van der Waals surface area contributed by atoms with E-state index >= 15 is 0 Å². The number of carboxylic acid groups (broad SMARTS) is 1. The first-order valence-electron chi connectivity index (χ1n) is 4.87. The van der Waals surface area contributed by atoms with Gasteiger partial charge in [0.15, 0.2) is 15.4 Å². The maximum absolute atomic E-state index is 12.1. The van der Waals surface area contributed by atoms with Gasteiger partial charge in [-0.05, 0) is 20.8 Å². The summed E-state index contributed by atoms with van der Waals surface area (Å²) in [5.41, 5.74) is -1.67. The number of carbonyl (C=O) groups excluding carboxylic acids is 1. The molecule has 0 unspecified atom stereocenters. The van der Waals surface area contributed by atoms with Crippen LogP contribution >= 0.6 is 0 Å². The Kier molecular flexibility index (Phi) is 1.84. The van der Waals surface area contributed by atoms with Crippen LogP contribution < -0.4 is 0 Å². The van der Waals surface area contributed by atoms with Crippen LogP contribution in [0, 0.1) is 0 Å². The second kappa shape index (κ2) is 2.58. The van der Waals surface area contributed by atoms with Gasteiger partial charge >= 0.3 is 5.97 Å². The average molecular weight is 247 g/mol. The topological polar surface area (TPSA) is 91.8 Å². The maximum atomic E-state index is 12.1. The van der Waals surface area contributed by atoms with Crippen LogP contribution in [0.1, 0.15) is 27.2 Å². The van der Waals surface area contributed by atoms with E-state index in [-0.39, 0.29) is 6.42 Å². The molecule has 0 aromatic rings. The van der Waals surface area contributed by atoms with Gasteiger partial charge in [0.1, 0.15) is 10.1 Å². The number of rotatable bonds is 1. The van der Waals surface area contributed by atoms with E-state index < -0.39 is 37.4 Å². The normalized spacial score (nSPS) is 39.1. The largest absolute Gasteiger partial charge is 0.479 e. The summed E-state index contributed by atoms with van der Waals surface area (Å²) in [4.78, 5) is 23.7. The van der Waals surface area contributed by atoms with Crippen molar-refractivity contribution in [1.82, 2.24) is 4.90 Å². The summed E-state index contributed by atoms with van der Waals surface area (Å²) in [5.74, 6) is -1.69. The minimum atomic E-state index is -3.63. The highest BCUT2D eigenvalue weighted by Crippen LogP contribution is 2.52. The molecule has 0 aliphatic carbocycles. The minimum absolute atomic E-state index is 0.103. The summed E-state index contributed by atoms with van der Waals surface area (Å²) in [6, 6.07) is 0. The Morgan fingerprint density at radius 3 is 2.25 bits per heavy atom. The monoisotopic (exact) mass is 247 g/mol. The molecule has 0 radical (unpaired) electrons. The molecule has 2 heterocycles. The number of fused-ring (bicyclic) bond motifs is 1. The first-order chi connectivity index (χ1) is 7.08. The Labute approximate surface area is 93.1 Å². The van der Waals surface area contributed by atoms with Crippen molar-refractivity contribution in [2.75, 3.05) is 0 Å². The Bertz CT molecular complexity index is 494. The fourth-order valence-electron chi connectivity index (χ4n) is 2.44. The van der Waals surface area contributed by atoms with Gasteiger partial charge in [-0.1, -0.05) is 0 Å². The van der Waals surface area contributed by atoms with Crippen LogP contribution in [0.2, 0.25) is 0 Å². The van der Waals surface area contributed by atoms with E-state index in [4.69, 9.17) is 0 Å². The summed E-state index contributed by atoms with van der Waals surface area (Å²) in [5, 5.41) is 8.26. The van der Waals surface area contributed by atoms with Crippen LogP contribution in [0.3, 0.4) is 0 Å². The number of β-lactam (4-membered cyclic amide) rings is 1. The lowest BCUT2D eigenvalue weighted by atomic mass is 9.84. The smallest absolute Gasteiger partial charge is 0.331 e. The van der Waals surface area contributed by atoms with Crippen LogP contribution in [0.5, 0.6) is 0 Å². The third-order valence-corrected chi connectivity index (χ3v) is 6.96. The minimum Gasteiger partial charge on any atom is -0.479 e. The lowest BCUT2D eigenvalue weighted by Gasteiger charge is -2.42. The highest BCUT2D eigenvalue weighted by Gasteiger charge is 2.74. The van der Waals surface area contributed by atoms with E-state index in [0.717, 1.165) is 4.90 Å². The predicted molar refractivity (Wildman–Crippen MR) is 54.3 cm³/mol. The molecule has 0 spiro atoms.